The van der Waals surface area contributed by atoms with Crippen LogP contribution in [0.3, 0.4) is 0 Å². The number of fused-ring (bicyclic) bond motifs is 1. The molecule has 2 aromatic carbocycles. The number of amides is 1. The summed E-state index contributed by atoms with van der Waals surface area (Å²) in [4.78, 5) is 20.7. The highest BCUT2D eigenvalue weighted by atomic mass is 35.5. The number of nitrogens with zero attached hydrogens (tertiary/aromatic N) is 3. The molecule has 0 unspecified atom stereocenters. The van der Waals surface area contributed by atoms with Gasteiger partial charge in [-0.25, -0.2) is 9.37 Å². The van der Waals surface area contributed by atoms with Crippen LogP contribution in [0.4, 0.5) is 29.1 Å². The smallest absolute Gasteiger partial charge is 0.336 e. The van der Waals surface area contributed by atoms with Gasteiger partial charge < -0.3 is 9.80 Å². The molecule has 0 aliphatic carbocycles. The van der Waals surface area contributed by atoms with Gasteiger partial charge in [0.15, 0.2) is 0 Å². The number of benzene rings is 2. The van der Waals surface area contributed by atoms with E-state index >= 15 is 0 Å². The summed E-state index contributed by atoms with van der Waals surface area (Å²) in [7, 11) is 1.51. The van der Waals surface area contributed by atoms with Gasteiger partial charge in [0.25, 0.3) is 5.91 Å². The summed E-state index contributed by atoms with van der Waals surface area (Å²) in [6, 6.07) is 12.1. The molecule has 0 spiro atoms. The standard InChI is InChI=1S/C23H18ClF4N3O/c1-13-9-15(23(26,27)28)10-20(29-13)31-12-14-5-3-4-6-17(14)21(31)22(32)30(2)16-7-8-19(25)18(24)11-16/h3-11,21H,12H2,1-2H3/t21-/m0/s1. The molecular weight excluding hydrogens is 446 g/mol. The molecule has 0 fully saturated rings. The van der Waals surface area contributed by atoms with E-state index < -0.39 is 29.5 Å². The van der Waals surface area contributed by atoms with Crippen LogP contribution in [-0.2, 0) is 17.5 Å². The molecule has 1 amide bonds. The van der Waals surface area contributed by atoms with E-state index in [1.807, 2.05) is 6.07 Å². The van der Waals surface area contributed by atoms with Crippen LogP contribution in [0.25, 0.3) is 0 Å². The van der Waals surface area contributed by atoms with Gasteiger partial charge >= 0.3 is 6.18 Å². The maximum absolute atomic E-state index is 13.6. The van der Waals surface area contributed by atoms with Gasteiger partial charge in [0.2, 0.25) is 0 Å². The van der Waals surface area contributed by atoms with Crippen LogP contribution >= 0.6 is 11.6 Å². The van der Waals surface area contributed by atoms with E-state index in [1.165, 1.54) is 31.0 Å². The van der Waals surface area contributed by atoms with Crippen molar-refractivity contribution >= 4 is 29.0 Å². The molecule has 2 heterocycles. The zero-order chi connectivity index (χ0) is 23.2. The Bertz CT molecular complexity index is 1200. The van der Waals surface area contributed by atoms with Crippen molar-refractivity contribution in [2.24, 2.45) is 0 Å². The van der Waals surface area contributed by atoms with Crippen LogP contribution in [0.1, 0.15) is 28.4 Å². The third-order valence-corrected chi connectivity index (χ3v) is 5.71. The Morgan fingerprint density at radius 1 is 1.16 bits per heavy atom. The van der Waals surface area contributed by atoms with Crippen LogP contribution < -0.4 is 9.80 Å². The molecule has 1 aliphatic heterocycles. The lowest BCUT2D eigenvalue weighted by molar-refractivity contribution is -0.137. The summed E-state index contributed by atoms with van der Waals surface area (Å²) in [6.07, 6.45) is -4.55. The van der Waals surface area contributed by atoms with Crippen LogP contribution in [0.2, 0.25) is 5.02 Å². The van der Waals surface area contributed by atoms with Crippen molar-refractivity contribution < 1.29 is 22.4 Å². The summed E-state index contributed by atoms with van der Waals surface area (Å²) >= 11 is 5.87. The normalized spacial score (nSPS) is 15.6. The second-order valence-corrected chi connectivity index (χ2v) is 7.99. The number of carbonyl (C=O) groups excluding carboxylic acids is 1. The van der Waals surface area contributed by atoms with Crippen molar-refractivity contribution in [3.8, 4) is 0 Å². The van der Waals surface area contributed by atoms with Crippen LogP contribution in [0.5, 0.6) is 0 Å². The zero-order valence-electron chi connectivity index (χ0n) is 17.1. The first-order chi connectivity index (χ1) is 15.1. The number of anilines is 2. The summed E-state index contributed by atoms with van der Waals surface area (Å²) in [5.74, 6) is -0.973. The van der Waals surface area contributed by atoms with Gasteiger partial charge in [-0.2, -0.15) is 13.2 Å². The van der Waals surface area contributed by atoms with Crippen molar-refractivity contribution in [3.63, 3.8) is 0 Å². The van der Waals surface area contributed by atoms with Gasteiger partial charge in [-0.15, -0.1) is 0 Å². The Labute approximate surface area is 187 Å². The average Bonchev–Trinajstić information content (AvgIpc) is 3.13. The molecule has 166 valence electrons. The topological polar surface area (TPSA) is 36.4 Å². The summed E-state index contributed by atoms with van der Waals surface area (Å²) in [5, 5.41) is -0.138. The molecule has 32 heavy (non-hydrogen) atoms. The lowest BCUT2D eigenvalue weighted by Crippen LogP contribution is -2.38. The molecule has 1 aliphatic rings. The highest BCUT2D eigenvalue weighted by Gasteiger charge is 2.39. The number of aryl methyl sites for hydroxylation is 1. The van der Waals surface area contributed by atoms with E-state index in [0.717, 1.165) is 23.8 Å². The average molecular weight is 464 g/mol. The third-order valence-electron chi connectivity index (χ3n) is 5.42. The lowest BCUT2D eigenvalue weighted by Gasteiger charge is -2.30. The lowest BCUT2D eigenvalue weighted by atomic mass is 10.0. The first-order valence-electron chi connectivity index (χ1n) is 9.69. The largest absolute Gasteiger partial charge is 0.416 e. The van der Waals surface area contributed by atoms with Gasteiger partial charge in [0.1, 0.15) is 17.7 Å². The van der Waals surface area contributed by atoms with E-state index in [1.54, 1.807) is 23.1 Å². The predicted molar refractivity (Wildman–Crippen MR) is 114 cm³/mol. The molecule has 0 saturated heterocycles. The summed E-state index contributed by atoms with van der Waals surface area (Å²) in [6.45, 7) is 1.70. The quantitative estimate of drug-likeness (QED) is 0.452. The van der Waals surface area contributed by atoms with E-state index in [2.05, 4.69) is 4.98 Å². The minimum absolute atomic E-state index is 0.0532. The Morgan fingerprint density at radius 3 is 2.56 bits per heavy atom. The molecule has 3 aromatic rings. The van der Waals surface area contributed by atoms with E-state index in [4.69, 9.17) is 11.6 Å². The fourth-order valence-corrected chi connectivity index (χ4v) is 4.01. The number of pyridine rings is 1. The Hall–Kier alpha value is -3.13. The fourth-order valence-electron chi connectivity index (χ4n) is 3.83. The molecular formula is C23H18ClF4N3O. The third kappa shape index (κ3) is 4.02. The number of hydrogen-bond donors (Lipinski definition) is 0. The first kappa shape index (κ1) is 22.1. The number of halogens is 5. The monoisotopic (exact) mass is 463 g/mol. The number of rotatable bonds is 3. The molecule has 0 saturated carbocycles. The van der Waals surface area contributed by atoms with Gasteiger partial charge in [0, 0.05) is 25.0 Å². The van der Waals surface area contributed by atoms with E-state index in [9.17, 15) is 22.4 Å². The molecule has 1 atom stereocenters. The summed E-state index contributed by atoms with van der Waals surface area (Å²) in [5.41, 5.74) is 1.21. The Kier molecular flexibility index (Phi) is 5.58. The van der Waals surface area contributed by atoms with Crippen molar-refractivity contribution in [2.45, 2.75) is 25.7 Å². The fraction of sp³-hybridized carbons (Fsp3) is 0.217. The summed E-state index contributed by atoms with van der Waals surface area (Å²) < 4.78 is 53.8. The van der Waals surface area contributed by atoms with Crippen molar-refractivity contribution in [3.05, 3.63) is 87.8 Å². The SMILES string of the molecule is Cc1cc(C(F)(F)F)cc(N2Cc3ccccc3[C@H]2C(=O)N(C)c2ccc(F)c(Cl)c2)n1. The second-order valence-electron chi connectivity index (χ2n) is 7.58. The van der Waals surface area contributed by atoms with Gasteiger partial charge in [-0.1, -0.05) is 35.9 Å². The molecule has 4 nitrogen and oxygen atoms in total. The second kappa shape index (κ2) is 8.09. The number of likely N-dealkylation sites (N-methyl/N-ethyl adjacent to an activating group) is 1. The van der Waals surface area contributed by atoms with Gasteiger partial charge in [0.05, 0.1) is 10.6 Å². The number of hydrogen-bond acceptors (Lipinski definition) is 3. The van der Waals surface area contributed by atoms with E-state index in [0.29, 0.717) is 11.3 Å². The first-order valence-corrected chi connectivity index (χ1v) is 10.1. The van der Waals surface area contributed by atoms with Gasteiger partial charge in [-0.05, 0) is 48.4 Å². The Morgan fingerprint density at radius 2 is 1.88 bits per heavy atom. The minimum Gasteiger partial charge on any atom is -0.336 e. The molecule has 0 N–H and O–H groups in total. The van der Waals surface area contributed by atoms with Crippen LogP contribution in [0.15, 0.2) is 54.6 Å². The van der Waals surface area contributed by atoms with Crippen LogP contribution in [-0.4, -0.2) is 17.9 Å². The maximum Gasteiger partial charge on any atom is 0.416 e. The van der Waals surface area contributed by atoms with Crippen molar-refractivity contribution in [1.29, 1.82) is 0 Å². The molecule has 4 rings (SSSR count). The van der Waals surface area contributed by atoms with E-state index in [-0.39, 0.29) is 23.1 Å². The molecule has 1 aromatic heterocycles. The maximum atomic E-state index is 13.6. The number of alkyl halides is 3. The van der Waals surface area contributed by atoms with Crippen LogP contribution in [0, 0.1) is 12.7 Å². The minimum atomic E-state index is -4.55. The zero-order valence-corrected chi connectivity index (χ0v) is 17.9. The number of aromatic nitrogens is 1. The molecule has 9 heteroatoms. The van der Waals surface area contributed by atoms with Crippen molar-refractivity contribution in [2.75, 3.05) is 16.8 Å². The highest BCUT2D eigenvalue weighted by molar-refractivity contribution is 6.31. The highest BCUT2D eigenvalue weighted by Crippen LogP contribution is 2.40. The molecule has 0 bridgehead atoms. The van der Waals surface area contributed by atoms with Crippen molar-refractivity contribution in [1.82, 2.24) is 4.98 Å². The Balaban J connectivity index is 1.78. The predicted octanol–water partition coefficient (Wildman–Crippen LogP) is 5.93. The number of carbonyl (C=O) groups is 1. The van der Waals surface area contributed by atoms with Gasteiger partial charge in [-0.3, -0.25) is 4.79 Å². The molecule has 0 radical (unpaired) electrons.